The zero-order chi connectivity index (χ0) is 16.4. The number of ether oxygens (including phenoxy) is 1. The predicted molar refractivity (Wildman–Crippen MR) is 90.1 cm³/mol. The molecule has 0 saturated heterocycles. The molecule has 0 atom stereocenters. The summed E-state index contributed by atoms with van der Waals surface area (Å²) < 4.78 is 7.37. The Kier molecular flexibility index (Phi) is 3.98. The van der Waals surface area contributed by atoms with E-state index in [4.69, 9.17) is 4.74 Å². The van der Waals surface area contributed by atoms with Gasteiger partial charge in [-0.2, -0.15) is 4.57 Å². The molecule has 0 N–H and O–H groups in total. The van der Waals surface area contributed by atoms with Gasteiger partial charge in [0.15, 0.2) is 0 Å². The molecule has 1 aliphatic heterocycles. The summed E-state index contributed by atoms with van der Waals surface area (Å²) in [6.45, 7) is 0. The lowest BCUT2D eigenvalue weighted by molar-refractivity contribution is -0.646. The fourth-order valence-electron chi connectivity index (χ4n) is 2.55. The molecule has 2 heterocycles. The smallest absolute Gasteiger partial charge is 0.345 e. The van der Waals surface area contributed by atoms with Crippen molar-refractivity contribution in [2.24, 2.45) is 7.05 Å². The Morgan fingerprint density at radius 3 is 2.65 bits per heavy atom. The minimum absolute atomic E-state index is 0.318. The van der Waals surface area contributed by atoms with E-state index in [0.717, 1.165) is 11.2 Å². The Balaban J connectivity index is 1.89. The summed E-state index contributed by atoms with van der Waals surface area (Å²) in [5.41, 5.74) is 2.74. The highest BCUT2D eigenvalue weighted by Crippen LogP contribution is 2.19. The molecule has 4 nitrogen and oxygen atoms in total. The third-order valence-corrected chi connectivity index (χ3v) is 3.68. The van der Waals surface area contributed by atoms with Crippen LogP contribution in [0.1, 0.15) is 5.69 Å². The van der Waals surface area contributed by atoms with Crippen LogP contribution in [0, 0.1) is 0 Å². The zero-order valence-electron chi connectivity index (χ0n) is 13.5. The molecule has 0 bridgehead atoms. The first-order chi connectivity index (χ1) is 11.0. The number of allylic oxidation sites excluding steroid dienone is 1. The van der Waals surface area contributed by atoms with E-state index >= 15 is 0 Å². The Bertz CT molecular complexity index is 861. The van der Waals surface area contributed by atoms with Gasteiger partial charge in [-0.05, 0) is 24.3 Å². The Morgan fingerprint density at radius 2 is 1.87 bits per heavy atom. The number of para-hydroxylation sites is 1. The van der Waals surface area contributed by atoms with E-state index in [0.29, 0.717) is 11.3 Å². The number of aryl methyl sites for hydroxylation is 1. The molecule has 1 aromatic heterocycles. The van der Waals surface area contributed by atoms with Crippen LogP contribution in [0.15, 0.2) is 66.1 Å². The largest absolute Gasteiger partial charge is 0.423 e. The number of pyridine rings is 1. The number of fused-ring (bicyclic) bond motifs is 1. The summed E-state index contributed by atoms with van der Waals surface area (Å²) in [7, 11) is 5.77. The van der Waals surface area contributed by atoms with Crippen LogP contribution in [-0.2, 0) is 16.6 Å². The zero-order valence-corrected chi connectivity index (χ0v) is 13.5. The Labute approximate surface area is 135 Å². The molecule has 0 amide bonds. The van der Waals surface area contributed by atoms with Crippen molar-refractivity contribution >= 4 is 22.9 Å². The monoisotopic (exact) mass is 307 g/mol. The lowest BCUT2D eigenvalue weighted by Crippen LogP contribution is -2.32. The minimum Gasteiger partial charge on any atom is -0.423 e. The van der Waals surface area contributed by atoms with Crippen molar-refractivity contribution < 1.29 is 14.1 Å². The molecule has 23 heavy (non-hydrogen) atoms. The number of hydrogen-bond donors (Lipinski definition) is 0. The molecular formula is C19H19N2O2+. The highest BCUT2D eigenvalue weighted by atomic mass is 16.5. The molecule has 1 aromatic carbocycles. The van der Waals surface area contributed by atoms with Crippen molar-refractivity contribution in [1.29, 1.82) is 0 Å². The number of nitrogens with zero attached hydrogens (tertiary/aromatic N) is 2. The first kappa shape index (κ1) is 15.0. The highest BCUT2D eigenvalue weighted by Gasteiger charge is 2.19. The molecule has 2 aromatic rings. The summed E-state index contributed by atoms with van der Waals surface area (Å²) in [6.07, 6.45) is 7.27. The molecule has 0 aliphatic carbocycles. The fraction of sp³-hybridized carbons (Fsp3) is 0.158. The maximum Gasteiger partial charge on any atom is 0.345 e. The van der Waals surface area contributed by atoms with Gasteiger partial charge < -0.3 is 9.64 Å². The third-order valence-electron chi connectivity index (χ3n) is 3.68. The van der Waals surface area contributed by atoms with Gasteiger partial charge in [-0.3, -0.25) is 0 Å². The van der Waals surface area contributed by atoms with Crippen molar-refractivity contribution in [1.82, 2.24) is 4.90 Å². The molecule has 1 aliphatic rings. The second-order valence-corrected chi connectivity index (χ2v) is 5.69. The second kappa shape index (κ2) is 6.08. The van der Waals surface area contributed by atoms with Gasteiger partial charge in [0, 0.05) is 43.9 Å². The average molecular weight is 307 g/mol. The summed E-state index contributed by atoms with van der Waals surface area (Å²) in [6, 6.07) is 12.4. The number of aromatic nitrogens is 1. The molecule has 0 spiro atoms. The lowest BCUT2D eigenvalue weighted by atomic mass is 10.2. The van der Waals surface area contributed by atoms with Gasteiger partial charge in [-0.25, -0.2) is 4.79 Å². The first-order valence-corrected chi connectivity index (χ1v) is 7.42. The van der Waals surface area contributed by atoms with Crippen LogP contribution in [-0.4, -0.2) is 25.0 Å². The van der Waals surface area contributed by atoms with E-state index < -0.39 is 0 Å². The molecule has 0 saturated carbocycles. The van der Waals surface area contributed by atoms with E-state index in [1.807, 2.05) is 56.4 Å². The van der Waals surface area contributed by atoms with Gasteiger partial charge >= 0.3 is 5.97 Å². The van der Waals surface area contributed by atoms with Gasteiger partial charge in [0.25, 0.3) is 0 Å². The van der Waals surface area contributed by atoms with Crippen LogP contribution >= 0.6 is 0 Å². The van der Waals surface area contributed by atoms with E-state index in [1.165, 1.54) is 5.39 Å². The molecule has 0 fully saturated rings. The highest BCUT2D eigenvalue weighted by molar-refractivity contribution is 5.95. The van der Waals surface area contributed by atoms with Crippen LogP contribution in [0.2, 0.25) is 0 Å². The first-order valence-electron chi connectivity index (χ1n) is 7.42. The number of esters is 1. The van der Waals surface area contributed by atoms with E-state index in [2.05, 4.69) is 22.8 Å². The van der Waals surface area contributed by atoms with E-state index in [-0.39, 0.29) is 5.97 Å². The average Bonchev–Trinajstić information content (AvgIpc) is 2.86. The van der Waals surface area contributed by atoms with Crippen molar-refractivity contribution in [3.8, 4) is 0 Å². The molecule has 0 unspecified atom stereocenters. The van der Waals surface area contributed by atoms with Crippen LogP contribution < -0.4 is 4.57 Å². The SMILES string of the molecule is CN(C)/C=C1C=C(/C=C/c2ccc3ccccc3[n+]2C)OC/1=O. The van der Waals surface area contributed by atoms with Gasteiger partial charge in [0.1, 0.15) is 12.8 Å². The maximum atomic E-state index is 11.8. The molecule has 4 heteroatoms. The van der Waals surface area contributed by atoms with E-state index in [1.54, 1.807) is 12.3 Å². The molecule has 0 radical (unpaired) electrons. The van der Waals surface area contributed by atoms with Crippen molar-refractivity contribution in [2.45, 2.75) is 0 Å². The van der Waals surface area contributed by atoms with Crippen molar-refractivity contribution in [3.05, 3.63) is 71.8 Å². The number of carbonyl (C=O) groups is 1. The number of benzene rings is 1. The second-order valence-electron chi connectivity index (χ2n) is 5.69. The third kappa shape index (κ3) is 3.16. The molecule has 3 rings (SSSR count). The van der Waals surface area contributed by atoms with Gasteiger partial charge in [-0.15, -0.1) is 0 Å². The predicted octanol–water partition coefficient (Wildman–Crippen LogP) is 2.56. The topological polar surface area (TPSA) is 33.4 Å². The summed E-state index contributed by atoms with van der Waals surface area (Å²) in [4.78, 5) is 13.6. The molecular weight excluding hydrogens is 288 g/mol. The van der Waals surface area contributed by atoms with Crippen molar-refractivity contribution in [3.63, 3.8) is 0 Å². The molecule has 116 valence electrons. The van der Waals surface area contributed by atoms with Crippen LogP contribution in [0.3, 0.4) is 0 Å². The number of rotatable bonds is 3. The number of cyclic esters (lactones) is 1. The summed E-state index contributed by atoms with van der Waals surface area (Å²) >= 11 is 0. The standard InChI is InChI=1S/C19H19N2O2/c1-20(2)13-15-12-17(23-19(15)22)11-10-16-9-8-14-6-4-5-7-18(14)21(16)3/h4-13H,1-3H3/q+1. The number of hydrogen-bond acceptors (Lipinski definition) is 3. The Morgan fingerprint density at radius 1 is 1.09 bits per heavy atom. The maximum absolute atomic E-state index is 11.8. The van der Waals surface area contributed by atoms with E-state index in [9.17, 15) is 4.79 Å². The van der Waals surface area contributed by atoms with Gasteiger partial charge in [0.2, 0.25) is 11.2 Å². The quantitative estimate of drug-likeness (QED) is 0.496. The van der Waals surface area contributed by atoms with Gasteiger partial charge in [0.05, 0.1) is 5.57 Å². The van der Waals surface area contributed by atoms with Crippen LogP contribution in [0.25, 0.3) is 17.0 Å². The fourth-order valence-corrected chi connectivity index (χ4v) is 2.55. The minimum atomic E-state index is -0.318. The summed E-state index contributed by atoms with van der Waals surface area (Å²) in [5.74, 6) is 0.234. The van der Waals surface area contributed by atoms with Crippen LogP contribution in [0.5, 0.6) is 0 Å². The Hall–Kier alpha value is -2.88. The number of carbonyl (C=O) groups excluding carboxylic acids is 1. The van der Waals surface area contributed by atoms with Crippen molar-refractivity contribution in [2.75, 3.05) is 14.1 Å². The summed E-state index contributed by atoms with van der Waals surface area (Å²) in [5, 5.41) is 1.19. The van der Waals surface area contributed by atoms with Crippen LogP contribution in [0.4, 0.5) is 0 Å². The normalized spacial score (nSPS) is 16.2. The van der Waals surface area contributed by atoms with Gasteiger partial charge in [-0.1, -0.05) is 12.1 Å². The lowest BCUT2D eigenvalue weighted by Gasteiger charge is -2.03.